The summed E-state index contributed by atoms with van der Waals surface area (Å²) in [4.78, 5) is 0. The van der Waals surface area contributed by atoms with Crippen LogP contribution in [0.5, 0.6) is 5.75 Å². The van der Waals surface area contributed by atoms with Crippen molar-refractivity contribution in [3.63, 3.8) is 0 Å². The average molecular weight is 338 g/mol. The predicted molar refractivity (Wildman–Crippen MR) is 82.2 cm³/mol. The Balaban J connectivity index is 2.63. The Hall–Kier alpha value is -1.05. The first kappa shape index (κ1) is 15.3. The molecular weight excluding hydrogens is 318 g/mol. The monoisotopic (exact) mass is 337 g/mol. The molecule has 20 heavy (non-hydrogen) atoms. The molecule has 0 unspecified atom stereocenters. The van der Waals surface area contributed by atoms with Crippen molar-refractivity contribution < 1.29 is 9.47 Å². The molecule has 1 fully saturated rings. The van der Waals surface area contributed by atoms with Gasteiger partial charge in [-0.3, -0.25) is 0 Å². The van der Waals surface area contributed by atoms with Crippen molar-refractivity contribution in [2.75, 3.05) is 20.3 Å². The maximum absolute atomic E-state index is 8.91. The quantitative estimate of drug-likeness (QED) is 0.835. The van der Waals surface area contributed by atoms with Crippen molar-refractivity contribution in [3.8, 4) is 11.8 Å². The van der Waals surface area contributed by atoms with Gasteiger partial charge in [0.1, 0.15) is 5.75 Å². The van der Waals surface area contributed by atoms with Gasteiger partial charge in [-0.05, 0) is 43.9 Å². The minimum Gasteiger partial charge on any atom is -0.496 e. The fourth-order valence-corrected chi connectivity index (χ4v) is 3.53. The first-order chi connectivity index (χ1) is 9.48. The third-order valence-electron chi connectivity index (χ3n) is 4.37. The van der Waals surface area contributed by atoms with E-state index < -0.39 is 0 Å². The van der Waals surface area contributed by atoms with E-state index in [9.17, 15) is 0 Å². The zero-order valence-corrected chi connectivity index (χ0v) is 14.1. The standard InChI is InChI=1S/C16H20BrNO2/c1-10-11(2)15(19-4)13(12(3)14(10)17)16(6-5-7-18)8-20-9-16/h5-6,8-9H2,1-4H3. The van der Waals surface area contributed by atoms with Crippen molar-refractivity contribution >= 4 is 15.9 Å². The van der Waals surface area contributed by atoms with Gasteiger partial charge in [-0.25, -0.2) is 0 Å². The van der Waals surface area contributed by atoms with Crippen molar-refractivity contribution in [3.05, 3.63) is 26.7 Å². The molecule has 2 rings (SSSR count). The van der Waals surface area contributed by atoms with E-state index in [1.165, 1.54) is 16.7 Å². The second-order valence-electron chi connectivity index (χ2n) is 5.53. The Kier molecular flexibility index (Phi) is 4.41. The molecule has 1 aliphatic heterocycles. The number of nitriles is 1. The zero-order valence-electron chi connectivity index (χ0n) is 12.5. The Morgan fingerprint density at radius 1 is 1.25 bits per heavy atom. The minimum absolute atomic E-state index is 0.0772. The van der Waals surface area contributed by atoms with Crippen molar-refractivity contribution in [2.24, 2.45) is 0 Å². The summed E-state index contributed by atoms with van der Waals surface area (Å²) in [5.74, 6) is 0.949. The van der Waals surface area contributed by atoms with Crippen LogP contribution >= 0.6 is 15.9 Å². The maximum atomic E-state index is 8.91. The third-order valence-corrected chi connectivity index (χ3v) is 5.56. The van der Waals surface area contributed by atoms with E-state index in [1.807, 2.05) is 0 Å². The van der Waals surface area contributed by atoms with Gasteiger partial charge in [-0.1, -0.05) is 15.9 Å². The number of methoxy groups -OCH3 is 1. The molecule has 1 heterocycles. The van der Waals surface area contributed by atoms with Gasteiger partial charge in [-0.15, -0.1) is 0 Å². The molecule has 1 aliphatic rings. The number of ether oxygens (including phenoxy) is 2. The molecule has 0 spiro atoms. The number of hydrogen-bond donors (Lipinski definition) is 0. The molecule has 0 radical (unpaired) electrons. The molecule has 0 aromatic heterocycles. The molecule has 1 aromatic carbocycles. The lowest BCUT2D eigenvalue weighted by Gasteiger charge is -2.44. The third kappa shape index (κ3) is 2.23. The lowest BCUT2D eigenvalue weighted by Crippen LogP contribution is -2.47. The summed E-state index contributed by atoms with van der Waals surface area (Å²) in [7, 11) is 1.72. The molecule has 0 aliphatic carbocycles. The lowest BCUT2D eigenvalue weighted by atomic mass is 9.72. The van der Waals surface area contributed by atoms with Gasteiger partial charge >= 0.3 is 0 Å². The van der Waals surface area contributed by atoms with E-state index in [0.29, 0.717) is 19.6 Å². The summed E-state index contributed by atoms with van der Waals surface area (Å²) in [6, 6.07) is 2.25. The topological polar surface area (TPSA) is 42.2 Å². The smallest absolute Gasteiger partial charge is 0.126 e. The van der Waals surface area contributed by atoms with Gasteiger partial charge in [-0.2, -0.15) is 5.26 Å². The Bertz CT molecular complexity index is 571. The molecule has 4 heteroatoms. The van der Waals surface area contributed by atoms with Gasteiger partial charge in [0, 0.05) is 21.9 Å². The van der Waals surface area contributed by atoms with Crippen molar-refractivity contribution in [1.82, 2.24) is 0 Å². The Morgan fingerprint density at radius 3 is 2.35 bits per heavy atom. The molecule has 0 amide bonds. The van der Waals surface area contributed by atoms with Crippen LogP contribution in [0.4, 0.5) is 0 Å². The van der Waals surface area contributed by atoms with Crippen LogP contribution in [-0.4, -0.2) is 20.3 Å². The summed E-state index contributed by atoms with van der Waals surface area (Å²) < 4.78 is 12.3. The second kappa shape index (κ2) is 5.75. The Labute approximate surface area is 129 Å². The van der Waals surface area contributed by atoms with Crippen LogP contribution in [0, 0.1) is 32.1 Å². The highest BCUT2D eigenvalue weighted by atomic mass is 79.9. The fourth-order valence-electron chi connectivity index (χ4n) is 3.03. The molecule has 108 valence electrons. The highest BCUT2D eigenvalue weighted by molar-refractivity contribution is 9.10. The van der Waals surface area contributed by atoms with E-state index in [2.05, 4.69) is 42.8 Å². The van der Waals surface area contributed by atoms with Crippen LogP contribution in [0.15, 0.2) is 4.47 Å². The second-order valence-corrected chi connectivity index (χ2v) is 6.32. The average Bonchev–Trinajstić information content (AvgIpc) is 2.40. The van der Waals surface area contributed by atoms with E-state index in [-0.39, 0.29) is 5.41 Å². The van der Waals surface area contributed by atoms with E-state index in [0.717, 1.165) is 22.2 Å². The molecule has 0 bridgehead atoms. The zero-order chi connectivity index (χ0) is 14.9. The van der Waals surface area contributed by atoms with Gasteiger partial charge in [0.15, 0.2) is 0 Å². The largest absolute Gasteiger partial charge is 0.496 e. The molecule has 1 saturated heterocycles. The van der Waals surface area contributed by atoms with Crippen molar-refractivity contribution in [1.29, 1.82) is 5.26 Å². The van der Waals surface area contributed by atoms with Crippen LogP contribution in [0.25, 0.3) is 0 Å². The number of benzene rings is 1. The Morgan fingerprint density at radius 2 is 1.90 bits per heavy atom. The van der Waals surface area contributed by atoms with E-state index in [1.54, 1.807) is 7.11 Å². The molecular formula is C16H20BrNO2. The minimum atomic E-state index is -0.0772. The van der Waals surface area contributed by atoms with Gasteiger partial charge in [0.2, 0.25) is 0 Å². The van der Waals surface area contributed by atoms with E-state index in [4.69, 9.17) is 14.7 Å². The molecule has 3 nitrogen and oxygen atoms in total. The van der Waals surface area contributed by atoms with Crippen LogP contribution in [0.3, 0.4) is 0 Å². The number of nitrogens with zero attached hydrogens (tertiary/aromatic N) is 1. The van der Waals surface area contributed by atoms with Gasteiger partial charge in [0.05, 0.1) is 26.4 Å². The summed E-state index contributed by atoms with van der Waals surface area (Å²) in [5.41, 5.74) is 4.69. The van der Waals surface area contributed by atoms with Crippen molar-refractivity contribution in [2.45, 2.75) is 39.0 Å². The summed E-state index contributed by atoms with van der Waals surface area (Å²) in [5, 5.41) is 8.91. The summed E-state index contributed by atoms with van der Waals surface area (Å²) >= 11 is 3.70. The predicted octanol–water partition coefficient (Wildman–Crippen LogP) is 3.95. The van der Waals surface area contributed by atoms with Crippen LogP contribution in [0.1, 0.15) is 35.1 Å². The lowest BCUT2D eigenvalue weighted by molar-refractivity contribution is -0.0649. The summed E-state index contributed by atoms with van der Waals surface area (Å²) in [6.45, 7) is 7.62. The van der Waals surface area contributed by atoms with Gasteiger partial charge < -0.3 is 9.47 Å². The van der Waals surface area contributed by atoms with Crippen LogP contribution in [0.2, 0.25) is 0 Å². The molecule has 1 aromatic rings. The van der Waals surface area contributed by atoms with Gasteiger partial charge in [0.25, 0.3) is 0 Å². The number of rotatable bonds is 4. The molecule has 0 atom stereocenters. The normalized spacial score (nSPS) is 16.4. The highest BCUT2D eigenvalue weighted by Crippen LogP contribution is 2.47. The SMILES string of the molecule is COc1c(C)c(C)c(Br)c(C)c1C1(CCC#N)COC1. The molecule has 0 saturated carbocycles. The highest BCUT2D eigenvalue weighted by Gasteiger charge is 2.44. The van der Waals surface area contributed by atoms with E-state index >= 15 is 0 Å². The first-order valence-electron chi connectivity index (χ1n) is 6.77. The fraction of sp³-hybridized carbons (Fsp3) is 0.562. The maximum Gasteiger partial charge on any atom is 0.126 e. The first-order valence-corrected chi connectivity index (χ1v) is 7.56. The number of hydrogen-bond acceptors (Lipinski definition) is 3. The van der Waals surface area contributed by atoms with Crippen LogP contribution < -0.4 is 4.74 Å². The molecule has 0 N–H and O–H groups in total. The summed E-state index contributed by atoms with van der Waals surface area (Å²) in [6.07, 6.45) is 1.35. The van der Waals surface area contributed by atoms with Crippen LogP contribution in [-0.2, 0) is 10.2 Å². The number of halogens is 1.